The molecule has 38 valence electrons. The van der Waals surface area contributed by atoms with Gasteiger partial charge in [-0.15, -0.1) is 0 Å². The molecule has 0 spiro atoms. The predicted molar refractivity (Wildman–Crippen MR) is 26.8 cm³/mol. The second kappa shape index (κ2) is 1.58. The quantitative estimate of drug-likeness (QED) is 0.503. The fraction of sp³-hybridized carbons (Fsp3) is 0.250. The third kappa shape index (κ3) is 0.771. The van der Waals surface area contributed by atoms with E-state index >= 15 is 0 Å². The number of rotatable bonds is 0. The van der Waals surface area contributed by atoms with Gasteiger partial charge in [0.2, 0.25) is 0 Å². The first kappa shape index (κ1) is 4.71. The minimum absolute atomic E-state index is 0.204. The van der Waals surface area contributed by atoms with Crippen LogP contribution in [0.4, 0.5) is 4.39 Å². The highest BCUT2D eigenvalue weighted by Gasteiger charge is 1.94. The van der Waals surface area contributed by atoms with Crippen LogP contribution in [0.2, 0.25) is 0 Å². The van der Waals surface area contributed by atoms with Gasteiger partial charge in [-0.05, 0) is 18.5 Å². The molecule has 1 aromatic heterocycles. The van der Waals surface area contributed by atoms with Crippen molar-refractivity contribution in [3.63, 3.8) is 0 Å². The largest absolute Gasteiger partial charge is 0.204 e. The van der Waals surface area contributed by atoms with Gasteiger partial charge in [-0.25, -0.2) is 4.39 Å². The summed E-state index contributed by atoms with van der Waals surface area (Å²) in [6.45, 7) is 1.70. The van der Waals surface area contributed by atoms with E-state index in [0.717, 1.165) is 0 Å². The van der Waals surface area contributed by atoms with Crippen LogP contribution in [0.5, 0.6) is 0 Å². The fourth-order valence-electron chi connectivity index (χ4n) is 0.286. The minimum atomic E-state index is -0.204. The lowest BCUT2D eigenvalue weighted by molar-refractivity contribution is 0.622. The summed E-state index contributed by atoms with van der Waals surface area (Å²) in [4.78, 5) is 0.653. The maximum Gasteiger partial charge on any atom is 0.156 e. The average molecular weight is 117 g/mol. The number of halogens is 1. The topological polar surface area (TPSA) is 12.9 Å². The molecule has 7 heavy (non-hydrogen) atoms. The Hall–Kier alpha value is -0.440. The van der Waals surface area contributed by atoms with Crippen LogP contribution in [0, 0.1) is 12.7 Å². The summed E-state index contributed by atoms with van der Waals surface area (Å²) in [6.07, 6.45) is 1.22. The van der Waals surface area contributed by atoms with Crippen molar-refractivity contribution in [2.75, 3.05) is 0 Å². The van der Waals surface area contributed by atoms with E-state index in [1.54, 1.807) is 6.92 Å². The lowest BCUT2D eigenvalue weighted by atomic mass is 10.5. The minimum Gasteiger partial charge on any atom is -0.204 e. The van der Waals surface area contributed by atoms with Crippen LogP contribution in [0.15, 0.2) is 6.20 Å². The molecule has 1 heterocycles. The van der Waals surface area contributed by atoms with Crippen LogP contribution in [0.3, 0.4) is 0 Å². The van der Waals surface area contributed by atoms with Crippen LogP contribution >= 0.6 is 11.5 Å². The molecule has 0 amide bonds. The van der Waals surface area contributed by atoms with Crippen molar-refractivity contribution < 1.29 is 4.39 Å². The first-order valence-electron chi connectivity index (χ1n) is 1.87. The van der Waals surface area contributed by atoms with Crippen molar-refractivity contribution >= 4 is 11.5 Å². The first-order chi connectivity index (χ1) is 3.30. The van der Waals surface area contributed by atoms with Gasteiger partial charge in [0, 0.05) is 0 Å². The van der Waals surface area contributed by atoms with Crippen molar-refractivity contribution in [1.29, 1.82) is 0 Å². The van der Waals surface area contributed by atoms with Gasteiger partial charge in [0.15, 0.2) is 5.82 Å². The predicted octanol–water partition coefficient (Wildman–Crippen LogP) is 1.59. The van der Waals surface area contributed by atoms with Crippen molar-refractivity contribution in [3.8, 4) is 0 Å². The Balaban J connectivity index is 3.12. The fourth-order valence-corrected chi connectivity index (χ4v) is 0.729. The van der Waals surface area contributed by atoms with Gasteiger partial charge in [0.05, 0.1) is 11.1 Å². The molecule has 3 heteroatoms. The summed E-state index contributed by atoms with van der Waals surface area (Å²) in [6, 6.07) is 0. The zero-order valence-electron chi connectivity index (χ0n) is 3.81. The van der Waals surface area contributed by atoms with Crippen LogP contribution in [-0.4, -0.2) is 4.37 Å². The van der Waals surface area contributed by atoms with E-state index < -0.39 is 0 Å². The average Bonchev–Trinajstić information content (AvgIpc) is 1.91. The molecule has 0 aliphatic carbocycles. The molecule has 0 atom stereocenters. The summed E-state index contributed by atoms with van der Waals surface area (Å²) in [5.41, 5.74) is 0. The molecule has 0 aliphatic heterocycles. The van der Waals surface area contributed by atoms with Gasteiger partial charge in [0.25, 0.3) is 0 Å². The van der Waals surface area contributed by atoms with E-state index in [1.807, 2.05) is 0 Å². The van der Waals surface area contributed by atoms with Crippen molar-refractivity contribution in [1.82, 2.24) is 4.37 Å². The molecule has 0 aromatic carbocycles. The Kier molecular flexibility index (Phi) is 1.06. The maximum absolute atomic E-state index is 12.0. The van der Waals surface area contributed by atoms with Gasteiger partial charge >= 0.3 is 0 Å². The summed E-state index contributed by atoms with van der Waals surface area (Å²) in [5, 5.41) is 0. The third-order valence-electron chi connectivity index (χ3n) is 0.692. The molecule has 0 aliphatic rings. The third-order valence-corrected chi connectivity index (χ3v) is 1.37. The van der Waals surface area contributed by atoms with Gasteiger partial charge < -0.3 is 0 Å². The standard InChI is InChI=1S/C4H4FNS/c1-3-4(5)2-6-7-3/h2H,1H3. The van der Waals surface area contributed by atoms with E-state index in [2.05, 4.69) is 4.37 Å². The molecule has 0 saturated heterocycles. The summed E-state index contributed by atoms with van der Waals surface area (Å²) >= 11 is 1.18. The highest BCUT2D eigenvalue weighted by Crippen LogP contribution is 2.07. The molecule has 0 unspecified atom stereocenters. The number of aryl methyl sites for hydroxylation is 1. The number of hydrogen-bond acceptors (Lipinski definition) is 2. The van der Waals surface area contributed by atoms with Crippen molar-refractivity contribution in [3.05, 3.63) is 16.9 Å². The number of aromatic nitrogens is 1. The highest BCUT2D eigenvalue weighted by atomic mass is 32.1. The zero-order valence-corrected chi connectivity index (χ0v) is 4.63. The van der Waals surface area contributed by atoms with E-state index in [-0.39, 0.29) is 5.82 Å². The second-order valence-electron chi connectivity index (χ2n) is 1.23. The van der Waals surface area contributed by atoms with E-state index in [9.17, 15) is 4.39 Å². The Labute approximate surface area is 45.0 Å². The van der Waals surface area contributed by atoms with Crippen molar-refractivity contribution in [2.24, 2.45) is 0 Å². The highest BCUT2D eigenvalue weighted by molar-refractivity contribution is 7.05. The SMILES string of the molecule is Cc1sncc1F. The molecule has 0 bridgehead atoms. The number of nitrogens with zero attached hydrogens (tertiary/aromatic N) is 1. The van der Waals surface area contributed by atoms with E-state index in [0.29, 0.717) is 4.88 Å². The molecule has 0 fully saturated rings. The van der Waals surface area contributed by atoms with Crippen LogP contribution < -0.4 is 0 Å². The Bertz CT molecular complexity index is 144. The van der Waals surface area contributed by atoms with Gasteiger partial charge in [0.1, 0.15) is 0 Å². The first-order valence-corrected chi connectivity index (χ1v) is 2.65. The molecule has 0 radical (unpaired) electrons. The maximum atomic E-state index is 12.0. The summed E-state index contributed by atoms with van der Waals surface area (Å²) in [5.74, 6) is -0.204. The number of hydrogen-bond donors (Lipinski definition) is 0. The van der Waals surface area contributed by atoms with Crippen LogP contribution in [0.25, 0.3) is 0 Å². The van der Waals surface area contributed by atoms with Gasteiger partial charge in [-0.2, -0.15) is 4.37 Å². The molecular weight excluding hydrogens is 113 g/mol. The Morgan fingerprint density at radius 2 is 2.57 bits per heavy atom. The summed E-state index contributed by atoms with van der Waals surface area (Å²) in [7, 11) is 0. The Morgan fingerprint density at radius 1 is 1.86 bits per heavy atom. The Morgan fingerprint density at radius 3 is 2.71 bits per heavy atom. The van der Waals surface area contributed by atoms with E-state index in [4.69, 9.17) is 0 Å². The zero-order chi connectivity index (χ0) is 5.28. The molecule has 1 rings (SSSR count). The molecule has 0 saturated carbocycles. The van der Waals surface area contributed by atoms with Crippen LogP contribution in [0.1, 0.15) is 4.88 Å². The molecule has 1 aromatic rings. The monoisotopic (exact) mass is 117 g/mol. The molecular formula is C4H4FNS. The lowest BCUT2D eigenvalue weighted by Gasteiger charge is -1.72. The van der Waals surface area contributed by atoms with Crippen LogP contribution in [-0.2, 0) is 0 Å². The lowest BCUT2D eigenvalue weighted by Crippen LogP contribution is -1.63. The van der Waals surface area contributed by atoms with Crippen molar-refractivity contribution in [2.45, 2.75) is 6.92 Å². The second-order valence-corrected chi connectivity index (χ2v) is 2.24. The molecule has 1 nitrogen and oxygen atoms in total. The van der Waals surface area contributed by atoms with E-state index in [1.165, 1.54) is 17.7 Å². The van der Waals surface area contributed by atoms with Gasteiger partial charge in [-0.3, -0.25) is 0 Å². The summed E-state index contributed by atoms with van der Waals surface area (Å²) < 4.78 is 15.6. The van der Waals surface area contributed by atoms with Gasteiger partial charge in [-0.1, -0.05) is 0 Å². The molecule has 0 N–H and O–H groups in total. The smallest absolute Gasteiger partial charge is 0.156 e. The normalized spacial score (nSPS) is 9.43.